The second kappa shape index (κ2) is 12.8. The molecule has 256 valence electrons. The molecule has 1 aliphatic rings. The molecule has 0 unspecified atom stereocenters. The highest BCUT2D eigenvalue weighted by Gasteiger charge is 2.38. The Morgan fingerprint density at radius 3 is 1.69 bits per heavy atom. The predicted octanol–water partition coefficient (Wildman–Crippen LogP) is 14.8. The first kappa shape index (κ1) is 32.0. The second-order valence-corrected chi connectivity index (χ2v) is 14.9. The number of nitrogens with zero attached hydrogens (tertiary/aromatic N) is 1. The lowest BCUT2D eigenvalue weighted by Crippen LogP contribution is -2.16. The van der Waals surface area contributed by atoms with Crippen LogP contribution in [-0.4, -0.2) is 0 Å². The van der Waals surface area contributed by atoms with Gasteiger partial charge in [0.15, 0.2) is 0 Å². The molecule has 0 radical (unpaired) electrons. The normalized spacial score (nSPS) is 12.8. The molecule has 0 amide bonds. The van der Waals surface area contributed by atoms with E-state index >= 15 is 0 Å². The molecule has 0 aromatic heterocycles. The minimum Gasteiger partial charge on any atom is -0.309 e. The average molecular weight is 690 g/mol. The number of hydrogen-bond donors (Lipinski definition) is 0. The monoisotopic (exact) mass is 689 g/mol. The number of anilines is 3. The molecule has 0 spiro atoms. The standard InChI is InChI=1S/C53H39N/c1-53(2)48-27-14-12-26-47(48)52-49(53)28-16-30-51(52)54(39-33-34-42-38(35-39)32-31-37-19-6-7-20-40(37)42)50-29-15-13-25-46(50)45-24-11-10-23-44(45)43-22-9-8-21-41(43)36-17-4-3-5-18-36/h3-35H,1-2H3. The molecule has 1 nitrogen and oxygen atoms in total. The van der Waals surface area contributed by atoms with E-state index in [9.17, 15) is 0 Å². The van der Waals surface area contributed by atoms with Gasteiger partial charge >= 0.3 is 0 Å². The van der Waals surface area contributed by atoms with Gasteiger partial charge in [0.1, 0.15) is 0 Å². The highest BCUT2D eigenvalue weighted by Crippen LogP contribution is 2.55. The molecule has 0 saturated heterocycles. The molecule has 0 atom stereocenters. The average Bonchev–Trinajstić information content (AvgIpc) is 3.47. The molecule has 9 aromatic rings. The molecule has 0 saturated carbocycles. The van der Waals surface area contributed by atoms with Gasteiger partial charge in [-0.15, -0.1) is 0 Å². The Kier molecular flexibility index (Phi) is 7.56. The first-order chi connectivity index (χ1) is 26.6. The Morgan fingerprint density at radius 2 is 0.889 bits per heavy atom. The van der Waals surface area contributed by atoms with Crippen LogP contribution in [0, 0.1) is 0 Å². The summed E-state index contributed by atoms with van der Waals surface area (Å²) in [5, 5.41) is 5.01. The van der Waals surface area contributed by atoms with Crippen molar-refractivity contribution in [3.63, 3.8) is 0 Å². The fraction of sp³-hybridized carbons (Fsp3) is 0.0566. The van der Waals surface area contributed by atoms with Gasteiger partial charge in [0.05, 0.1) is 11.4 Å². The molecule has 9 aromatic carbocycles. The van der Waals surface area contributed by atoms with E-state index in [0.717, 1.165) is 11.4 Å². The van der Waals surface area contributed by atoms with E-state index in [2.05, 4.69) is 219 Å². The van der Waals surface area contributed by atoms with Crippen LogP contribution in [0.5, 0.6) is 0 Å². The van der Waals surface area contributed by atoms with Crippen LogP contribution in [0.25, 0.3) is 66.1 Å². The molecule has 0 N–H and O–H groups in total. The van der Waals surface area contributed by atoms with Crippen molar-refractivity contribution in [2.45, 2.75) is 19.3 Å². The van der Waals surface area contributed by atoms with Crippen LogP contribution in [0.2, 0.25) is 0 Å². The van der Waals surface area contributed by atoms with Crippen LogP contribution in [-0.2, 0) is 5.41 Å². The second-order valence-electron chi connectivity index (χ2n) is 14.9. The number of hydrogen-bond acceptors (Lipinski definition) is 1. The van der Waals surface area contributed by atoms with Crippen LogP contribution in [0.3, 0.4) is 0 Å². The van der Waals surface area contributed by atoms with Gasteiger partial charge in [-0.05, 0) is 90.3 Å². The molecular formula is C53H39N. The Balaban J connectivity index is 1.24. The molecular weight excluding hydrogens is 651 g/mol. The third-order valence-corrected chi connectivity index (χ3v) is 11.5. The highest BCUT2D eigenvalue weighted by atomic mass is 15.1. The fourth-order valence-electron chi connectivity index (χ4n) is 8.91. The summed E-state index contributed by atoms with van der Waals surface area (Å²) in [7, 11) is 0. The van der Waals surface area contributed by atoms with Crippen LogP contribution < -0.4 is 4.90 Å². The lowest BCUT2D eigenvalue weighted by Gasteiger charge is -2.31. The van der Waals surface area contributed by atoms with Crippen molar-refractivity contribution in [1.82, 2.24) is 0 Å². The predicted molar refractivity (Wildman–Crippen MR) is 230 cm³/mol. The number of rotatable bonds is 6. The topological polar surface area (TPSA) is 3.24 Å². The largest absolute Gasteiger partial charge is 0.309 e. The number of para-hydroxylation sites is 1. The van der Waals surface area contributed by atoms with Gasteiger partial charge < -0.3 is 4.90 Å². The maximum atomic E-state index is 2.51. The van der Waals surface area contributed by atoms with Crippen LogP contribution in [0.15, 0.2) is 200 Å². The van der Waals surface area contributed by atoms with E-state index in [1.54, 1.807) is 0 Å². The van der Waals surface area contributed by atoms with Crippen molar-refractivity contribution in [2.75, 3.05) is 4.90 Å². The summed E-state index contributed by atoms with van der Waals surface area (Å²) >= 11 is 0. The molecule has 1 aliphatic carbocycles. The molecule has 0 bridgehead atoms. The zero-order valence-corrected chi connectivity index (χ0v) is 30.5. The van der Waals surface area contributed by atoms with Crippen LogP contribution in [0.1, 0.15) is 25.0 Å². The quantitative estimate of drug-likeness (QED) is 0.157. The van der Waals surface area contributed by atoms with Crippen LogP contribution in [0.4, 0.5) is 17.1 Å². The summed E-state index contributed by atoms with van der Waals surface area (Å²) in [6, 6.07) is 73.4. The van der Waals surface area contributed by atoms with Gasteiger partial charge in [-0.25, -0.2) is 0 Å². The Hall–Kier alpha value is -6.70. The van der Waals surface area contributed by atoms with Gasteiger partial charge in [0.25, 0.3) is 0 Å². The summed E-state index contributed by atoms with van der Waals surface area (Å²) in [6.07, 6.45) is 0. The molecule has 1 heteroatoms. The Bertz CT molecular complexity index is 2860. The summed E-state index contributed by atoms with van der Waals surface area (Å²) in [4.78, 5) is 2.51. The van der Waals surface area contributed by atoms with E-state index < -0.39 is 0 Å². The van der Waals surface area contributed by atoms with E-state index in [1.807, 2.05) is 0 Å². The van der Waals surface area contributed by atoms with Gasteiger partial charge in [-0.1, -0.05) is 190 Å². The molecule has 0 fully saturated rings. The first-order valence-corrected chi connectivity index (χ1v) is 18.9. The highest BCUT2D eigenvalue weighted by molar-refractivity contribution is 6.09. The smallest absolute Gasteiger partial charge is 0.0543 e. The van der Waals surface area contributed by atoms with Crippen LogP contribution >= 0.6 is 0 Å². The molecule has 10 rings (SSSR count). The maximum Gasteiger partial charge on any atom is 0.0543 e. The van der Waals surface area contributed by atoms with Crippen molar-refractivity contribution in [3.05, 3.63) is 211 Å². The molecule has 54 heavy (non-hydrogen) atoms. The Morgan fingerprint density at radius 1 is 0.352 bits per heavy atom. The Labute approximate surface area is 317 Å². The fourth-order valence-corrected chi connectivity index (χ4v) is 8.91. The SMILES string of the molecule is CC1(C)c2ccccc2-c2c(N(c3ccc4c(ccc5ccccc54)c3)c3ccccc3-c3ccccc3-c3ccccc3-c3ccccc3)cccc21. The number of fused-ring (bicyclic) bond motifs is 6. The van der Waals surface area contributed by atoms with E-state index in [0.29, 0.717) is 0 Å². The minimum absolute atomic E-state index is 0.122. The van der Waals surface area contributed by atoms with Gasteiger partial charge in [-0.3, -0.25) is 0 Å². The van der Waals surface area contributed by atoms with Crippen molar-refractivity contribution < 1.29 is 0 Å². The van der Waals surface area contributed by atoms with E-state index in [1.165, 1.54) is 82.9 Å². The third-order valence-electron chi connectivity index (χ3n) is 11.5. The van der Waals surface area contributed by atoms with Crippen molar-refractivity contribution in [2.24, 2.45) is 0 Å². The minimum atomic E-state index is -0.122. The zero-order valence-electron chi connectivity index (χ0n) is 30.5. The molecule has 0 heterocycles. The van der Waals surface area contributed by atoms with E-state index in [-0.39, 0.29) is 5.41 Å². The van der Waals surface area contributed by atoms with Gasteiger partial charge in [0, 0.05) is 22.2 Å². The lowest BCUT2D eigenvalue weighted by molar-refractivity contribution is 0.660. The van der Waals surface area contributed by atoms with Crippen molar-refractivity contribution in [1.29, 1.82) is 0 Å². The zero-order chi connectivity index (χ0) is 36.2. The summed E-state index contributed by atoms with van der Waals surface area (Å²) in [5.74, 6) is 0. The van der Waals surface area contributed by atoms with E-state index in [4.69, 9.17) is 0 Å². The number of benzene rings is 9. The van der Waals surface area contributed by atoms with Gasteiger partial charge in [-0.2, -0.15) is 0 Å². The summed E-state index contributed by atoms with van der Waals surface area (Å²) < 4.78 is 0. The third kappa shape index (κ3) is 5.08. The summed E-state index contributed by atoms with van der Waals surface area (Å²) in [5.41, 5.74) is 15.9. The summed E-state index contributed by atoms with van der Waals surface area (Å²) in [6.45, 7) is 4.72. The van der Waals surface area contributed by atoms with Crippen molar-refractivity contribution >= 4 is 38.6 Å². The maximum absolute atomic E-state index is 2.51. The lowest BCUT2D eigenvalue weighted by atomic mass is 9.82. The van der Waals surface area contributed by atoms with Crippen molar-refractivity contribution in [3.8, 4) is 44.5 Å². The first-order valence-electron chi connectivity index (χ1n) is 18.9. The molecule has 0 aliphatic heterocycles. The van der Waals surface area contributed by atoms with Gasteiger partial charge in [0.2, 0.25) is 0 Å².